The largest absolute Gasteiger partial charge is 0.350 e. The van der Waals surface area contributed by atoms with Crippen molar-refractivity contribution in [2.45, 2.75) is 89.9 Å². The van der Waals surface area contributed by atoms with Crippen LogP contribution in [0.5, 0.6) is 0 Å². The molecule has 0 radical (unpaired) electrons. The average Bonchev–Trinajstić information content (AvgIpc) is 2.91. The molecule has 1 saturated heterocycles. The summed E-state index contributed by atoms with van der Waals surface area (Å²) in [5, 5.41) is 10.3. The molecule has 2 fully saturated rings. The highest BCUT2D eigenvalue weighted by Crippen LogP contribution is 2.30. The average molecular weight is 295 g/mol. The molecule has 3 N–H and O–H groups in total. The molecule has 1 saturated carbocycles. The predicted molar refractivity (Wildman–Crippen MR) is 87.3 cm³/mol. The summed E-state index contributed by atoms with van der Waals surface area (Å²) in [6.45, 7) is 9.25. The monoisotopic (exact) mass is 295 g/mol. The molecule has 1 amide bonds. The second kappa shape index (κ2) is 7.10. The molecule has 2 aliphatic rings. The Labute approximate surface area is 129 Å². The van der Waals surface area contributed by atoms with Gasteiger partial charge in [-0.3, -0.25) is 4.79 Å². The molecule has 4 unspecified atom stereocenters. The predicted octanol–water partition coefficient (Wildman–Crippen LogP) is 2.19. The summed E-state index contributed by atoms with van der Waals surface area (Å²) in [5.74, 6) is 0.803. The Morgan fingerprint density at radius 3 is 2.48 bits per heavy atom. The number of amides is 1. The molecule has 4 atom stereocenters. The second-order valence-electron chi connectivity index (χ2n) is 7.89. The van der Waals surface area contributed by atoms with E-state index in [1.54, 1.807) is 0 Å². The van der Waals surface area contributed by atoms with Gasteiger partial charge in [-0.2, -0.15) is 0 Å². The first-order valence-electron chi connectivity index (χ1n) is 8.68. The van der Waals surface area contributed by atoms with E-state index in [1.807, 2.05) is 27.7 Å². The van der Waals surface area contributed by atoms with E-state index in [0.717, 1.165) is 6.54 Å². The minimum atomic E-state index is -0.161. The second-order valence-corrected chi connectivity index (χ2v) is 7.89. The Morgan fingerprint density at radius 2 is 1.86 bits per heavy atom. The zero-order chi connectivity index (χ0) is 15.5. The van der Waals surface area contributed by atoms with Crippen molar-refractivity contribution in [3.63, 3.8) is 0 Å². The van der Waals surface area contributed by atoms with E-state index < -0.39 is 0 Å². The summed E-state index contributed by atoms with van der Waals surface area (Å²) < 4.78 is 0. The Hall–Kier alpha value is -0.610. The molecular weight excluding hydrogens is 262 g/mol. The van der Waals surface area contributed by atoms with Crippen LogP contribution in [0.1, 0.15) is 66.2 Å². The number of nitrogens with one attached hydrogen (secondary N) is 3. The SMILES string of the molecule is CC(NC1CCCCC1C1CCCN1)C(=O)NC(C)(C)C. The lowest BCUT2D eigenvalue weighted by Crippen LogP contribution is -2.55. The maximum atomic E-state index is 12.3. The third-order valence-corrected chi connectivity index (χ3v) is 4.79. The van der Waals surface area contributed by atoms with Gasteiger partial charge in [-0.1, -0.05) is 12.8 Å². The van der Waals surface area contributed by atoms with Crippen LogP contribution in [0.3, 0.4) is 0 Å². The Bertz CT molecular complexity index is 344. The molecule has 2 rings (SSSR count). The molecule has 0 spiro atoms. The van der Waals surface area contributed by atoms with Gasteiger partial charge in [0.25, 0.3) is 0 Å². The van der Waals surface area contributed by atoms with Gasteiger partial charge in [0, 0.05) is 17.6 Å². The van der Waals surface area contributed by atoms with Crippen LogP contribution in [-0.4, -0.2) is 36.1 Å². The topological polar surface area (TPSA) is 53.2 Å². The van der Waals surface area contributed by atoms with E-state index in [4.69, 9.17) is 0 Å². The minimum Gasteiger partial charge on any atom is -0.350 e. The molecular formula is C17H33N3O. The molecule has 122 valence electrons. The zero-order valence-corrected chi connectivity index (χ0v) is 14.2. The number of rotatable bonds is 4. The van der Waals surface area contributed by atoms with Gasteiger partial charge in [-0.25, -0.2) is 0 Å². The molecule has 0 aromatic rings. The summed E-state index contributed by atoms with van der Waals surface area (Å²) in [5.41, 5.74) is -0.161. The molecule has 1 aliphatic heterocycles. The van der Waals surface area contributed by atoms with Crippen LogP contribution in [0.2, 0.25) is 0 Å². The highest BCUT2D eigenvalue weighted by atomic mass is 16.2. The summed E-state index contributed by atoms with van der Waals surface area (Å²) >= 11 is 0. The Kier molecular flexibility index (Phi) is 5.67. The summed E-state index contributed by atoms with van der Waals surface area (Å²) in [4.78, 5) is 12.3. The van der Waals surface area contributed by atoms with Crippen LogP contribution in [0.15, 0.2) is 0 Å². The number of carbonyl (C=O) groups excluding carboxylic acids is 1. The fourth-order valence-electron chi connectivity index (χ4n) is 3.80. The van der Waals surface area contributed by atoms with Crippen LogP contribution in [0.4, 0.5) is 0 Å². The van der Waals surface area contributed by atoms with E-state index in [9.17, 15) is 4.79 Å². The van der Waals surface area contributed by atoms with E-state index in [0.29, 0.717) is 18.0 Å². The van der Waals surface area contributed by atoms with Crippen molar-refractivity contribution >= 4 is 5.91 Å². The van der Waals surface area contributed by atoms with Gasteiger partial charge in [-0.05, 0) is 65.8 Å². The van der Waals surface area contributed by atoms with Crippen LogP contribution >= 0.6 is 0 Å². The maximum absolute atomic E-state index is 12.3. The molecule has 21 heavy (non-hydrogen) atoms. The molecule has 4 nitrogen and oxygen atoms in total. The number of hydrogen-bond acceptors (Lipinski definition) is 3. The molecule has 4 heteroatoms. The number of hydrogen-bond donors (Lipinski definition) is 3. The zero-order valence-electron chi connectivity index (χ0n) is 14.2. The van der Waals surface area contributed by atoms with Crippen LogP contribution < -0.4 is 16.0 Å². The van der Waals surface area contributed by atoms with Gasteiger partial charge in [0.15, 0.2) is 0 Å². The fourth-order valence-corrected chi connectivity index (χ4v) is 3.80. The van der Waals surface area contributed by atoms with E-state index in [-0.39, 0.29) is 17.5 Å². The first kappa shape index (κ1) is 16.8. The minimum absolute atomic E-state index is 0.115. The quantitative estimate of drug-likeness (QED) is 0.745. The first-order valence-corrected chi connectivity index (χ1v) is 8.68. The molecule has 1 aliphatic carbocycles. The molecule has 0 aromatic carbocycles. The Balaban J connectivity index is 1.90. The Morgan fingerprint density at radius 1 is 1.14 bits per heavy atom. The fraction of sp³-hybridized carbons (Fsp3) is 0.941. The van der Waals surface area contributed by atoms with Gasteiger partial charge < -0.3 is 16.0 Å². The lowest BCUT2D eigenvalue weighted by molar-refractivity contribution is -0.124. The van der Waals surface area contributed by atoms with Gasteiger partial charge in [0.1, 0.15) is 0 Å². The van der Waals surface area contributed by atoms with Crippen molar-refractivity contribution in [3.8, 4) is 0 Å². The van der Waals surface area contributed by atoms with Crippen molar-refractivity contribution in [1.82, 2.24) is 16.0 Å². The lowest BCUT2D eigenvalue weighted by Gasteiger charge is -2.38. The first-order chi connectivity index (χ1) is 9.87. The lowest BCUT2D eigenvalue weighted by atomic mass is 9.79. The molecule has 0 aromatic heterocycles. The summed E-state index contributed by atoms with van der Waals surface area (Å²) in [6, 6.07) is 1.02. The standard InChI is InChI=1S/C17H33N3O/c1-12(16(21)20-17(2,3)4)19-15-9-6-5-8-13(15)14-10-7-11-18-14/h12-15,18-19H,5-11H2,1-4H3,(H,20,21). The molecule has 1 heterocycles. The van der Waals surface area contributed by atoms with E-state index >= 15 is 0 Å². The third-order valence-electron chi connectivity index (χ3n) is 4.79. The van der Waals surface area contributed by atoms with Crippen molar-refractivity contribution in [2.24, 2.45) is 5.92 Å². The van der Waals surface area contributed by atoms with Gasteiger partial charge >= 0.3 is 0 Å². The van der Waals surface area contributed by atoms with Gasteiger partial charge in [0.05, 0.1) is 6.04 Å². The van der Waals surface area contributed by atoms with Crippen LogP contribution in [-0.2, 0) is 4.79 Å². The highest BCUT2D eigenvalue weighted by Gasteiger charge is 2.34. The van der Waals surface area contributed by atoms with E-state index in [2.05, 4.69) is 16.0 Å². The van der Waals surface area contributed by atoms with E-state index in [1.165, 1.54) is 38.5 Å². The highest BCUT2D eigenvalue weighted by molar-refractivity contribution is 5.81. The van der Waals surface area contributed by atoms with Gasteiger partial charge in [-0.15, -0.1) is 0 Å². The van der Waals surface area contributed by atoms with Crippen molar-refractivity contribution in [2.75, 3.05) is 6.54 Å². The number of carbonyl (C=O) groups is 1. The summed E-state index contributed by atoms with van der Waals surface area (Å²) in [6.07, 6.45) is 7.72. The summed E-state index contributed by atoms with van der Waals surface area (Å²) in [7, 11) is 0. The van der Waals surface area contributed by atoms with Crippen LogP contribution in [0.25, 0.3) is 0 Å². The molecule has 0 bridgehead atoms. The normalized spacial score (nSPS) is 31.9. The van der Waals surface area contributed by atoms with Crippen LogP contribution in [0, 0.1) is 5.92 Å². The van der Waals surface area contributed by atoms with Crippen molar-refractivity contribution in [1.29, 1.82) is 0 Å². The smallest absolute Gasteiger partial charge is 0.237 e. The van der Waals surface area contributed by atoms with Crippen molar-refractivity contribution in [3.05, 3.63) is 0 Å². The van der Waals surface area contributed by atoms with Crippen molar-refractivity contribution < 1.29 is 4.79 Å². The maximum Gasteiger partial charge on any atom is 0.237 e. The van der Waals surface area contributed by atoms with Gasteiger partial charge in [0.2, 0.25) is 5.91 Å². The third kappa shape index (κ3) is 4.96.